The highest BCUT2D eigenvalue weighted by atomic mass is 35.5. The highest BCUT2D eigenvalue weighted by Gasteiger charge is 2.06. The van der Waals surface area contributed by atoms with Crippen molar-refractivity contribution in [2.45, 2.75) is 13.5 Å². The summed E-state index contributed by atoms with van der Waals surface area (Å²) in [6, 6.07) is 13.7. The lowest BCUT2D eigenvalue weighted by atomic mass is 10.0. The summed E-state index contributed by atoms with van der Waals surface area (Å²) in [6.07, 6.45) is 0. The van der Waals surface area contributed by atoms with Gasteiger partial charge in [-0.15, -0.1) is 0 Å². The van der Waals surface area contributed by atoms with Gasteiger partial charge in [0.25, 0.3) is 0 Å². The van der Waals surface area contributed by atoms with Crippen LogP contribution in [-0.4, -0.2) is 0 Å². The average molecular weight is 280 g/mol. The monoisotopic (exact) mass is 279 g/mol. The predicted molar refractivity (Wildman–Crippen MR) is 76.7 cm³/mol. The SMILES string of the molecule is C[CH]OCc1ccccc1-c1ccc(Cl)c(Cl)c1. The van der Waals surface area contributed by atoms with Crippen molar-refractivity contribution in [1.29, 1.82) is 0 Å². The number of rotatable bonds is 4. The predicted octanol–water partition coefficient (Wildman–Crippen LogP) is 5.36. The van der Waals surface area contributed by atoms with Crippen LogP contribution in [0.1, 0.15) is 12.5 Å². The van der Waals surface area contributed by atoms with Crippen molar-refractivity contribution in [2.24, 2.45) is 0 Å². The molecule has 0 unspecified atom stereocenters. The molecular weight excluding hydrogens is 267 g/mol. The maximum absolute atomic E-state index is 6.05. The molecule has 0 heterocycles. The van der Waals surface area contributed by atoms with Crippen LogP contribution in [0.15, 0.2) is 42.5 Å². The van der Waals surface area contributed by atoms with Crippen molar-refractivity contribution in [1.82, 2.24) is 0 Å². The molecular formula is C15H13Cl2O. The molecule has 2 aromatic rings. The maximum atomic E-state index is 6.05. The molecule has 3 heteroatoms. The zero-order valence-electron chi connectivity index (χ0n) is 9.99. The highest BCUT2D eigenvalue weighted by molar-refractivity contribution is 6.42. The molecule has 0 N–H and O–H groups in total. The van der Waals surface area contributed by atoms with E-state index in [2.05, 4.69) is 0 Å². The van der Waals surface area contributed by atoms with Gasteiger partial charge in [-0.3, -0.25) is 0 Å². The van der Waals surface area contributed by atoms with Gasteiger partial charge >= 0.3 is 0 Å². The molecule has 2 rings (SSSR count). The minimum atomic E-state index is 0.549. The second kappa shape index (κ2) is 6.24. The van der Waals surface area contributed by atoms with E-state index in [1.54, 1.807) is 6.61 Å². The fourth-order valence-electron chi connectivity index (χ4n) is 1.76. The van der Waals surface area contributed by atoms with Gasteiger partial charge in [0.15, 0.2) is 0 Å². The van der Waals surface area contributed by atoms with Gasteiger partial charge in [0.05, 0.1) is 23.3 Å². The Bertz CT molecular complexity index is 538. The average Bonchev–Trinajstić information content (AvgIpc) is 2.40. The van der Waals surface area contributed by atoms with E-state index in [0.29, 0.717) is 16.7 Å². The van der Waals surface area contributed by atoms with Crippen LogP contribution >= 0.6 is 23.2 Å². The summed E-state index contributed by atoms with van der Waals surface area (Å²) in [5.41, 5.74) is 3.27. The van der Waals surface area contributed by atoms with Crippen molar-refractivity contribution in [3.05, 3.63) is 64.7 Å². The first-order chi connectivity index (χ1) is 8.72. The van der Waals surface area contributed by atoms with E-state index in [0.717, 1.165) is 16.7 Å². The molecule has 1 radical (unpaired) electrons. The third-order valence-electron chi connectivity index (χ3n) is 2.65. The summed E-state index contributed by atoms with van der Waals surface area (Å²) in [5, 5.41) is 1.13. The molecule has 0 aromatic heterocycles. The van der Waals surface area contributed by atoms with E-state index in [1.807, 2.05) is 49.4 Å². The highest BCUT2D eigenvalue weighted by Crippen LogP contribution is 2.30. The number of hydrogen-bond acceptors (Lipinski definition) is 1. The lowest BCUT2D eigenvalue weighted by Gasteiger charge is -2.10. The second-order valence-electron chi connectivity index (χ2n) is 3.83. The van der Waals surface area contributed by atoms with Crippen LogP contribution in [0, 0.1) is 6.61 Å². The van der Waals surface area contributed by atoms with E-state index in [4.69, 9.17) is 27.9 Å². The van der Waals surface area contributed by atoms with Gasteiger partial charge < -0.3 is 4.74 Å². The standard InChI is InChI=1S/C15H13Cl2O/c1-2-18-10-12-5-3-4-6-13(12)11-7-8-14(16)15(17)9-11/h2-9H,10H2,1H3. The Morgan fingerprint density at radius 3 is 2.56 bits per heavy atom. The topological polar surface area (TPSA) is 9.23 Å². The Morgan fingerprint density at radius 2 is 1.83 bits per heavy atom. The number of ether oxygens (including phenoxy) is 1. The summed E-state index contributed by atoms with van der Waals surface area (Å²) in [6.45, 7) is 4.10. The minimum absolute atomic E-state index is 0.549. The largest absolute Gasteiger partial charge is 0.371 e. The molecule has 0 atom stereocenters. The van der Waals surface area contributed by atoms with E-state index >= 15 is 0 Å². The van der Waals surface area contributed by atoms with Crippen LogP contribution in [0.2, 0.25) is 10.0 Å². The van der Waals surface area contributed by atoms with Gasteiger partial charge in [0, 0.05) is 0 Å². The van der Waals surface area contributed by atoms with Crippen molar-refractivity contribution in [3.8, 4) is 11.1 Å². The second-order valence-corrected chi connectivity index (χ2v) is 4.65. The third-order valence-corrected chi connectivity index (χ3v) is 3.39. The zero-order chi connectivity index (χ0) is 13.0. The Morgan fingerprint density at radius 1 is 1.06 bits per heavy atom. The third kappa shape index (κ3) is 3.05. The first kappa shape index (κ1) is 13.4. The van der Waals surface area contributed by atoms with Gasteiger partial charge in [-0.25, -0.2) is 0 Å². The van der Waals surface area contributed by atoms with Crippen molar-refractivity contribution in [2.75, 3.05) is 0 Å². The number of benzene rings is 2. The van der Waals surface area contributed by atoms with E-state index < -0.39 is 0 Å². The molecule has 2 aromatic carbocycles. The Kier molecular flexibility index (Phi) is 4.65. The lowest BCUT2D eigenvalue weighted by Crippen LogP contribution is -1.92. The Balaban J connectivity index is 2.39. The number of halogens is 2. The van der Waals surface area contributed by atoms with Crippen LogP contribution in [0.4, 0.5) is 0 Å². The van der Waals surface area contributed by atoms with Crippen LogP contribution in [0.25, 0.3) is 11.1 Å². The van der Waals surface area contributed by atoms with Crippen molar-refractivity contribution < 1.29 is 4.74 Å². The summed E-state index contributed by atoms with van der Waals surface area (Å²) in [5.74, 6) is 0. The molecule has 93 valence electrons. The zero-order valence-corrected chi connectivity index (χ0v) is 11.5. The van der Waals surface area contributed by atoms with Crippen molar-refractivity contribution in [3.63, 3.8) is 0 Å². The first-order valence-electron chi connectivity index (χ1n) is 5.65. The lowest BCUT2D eigenvalue weighted by molar-refractivity contribution is 0.191. The van der Waals surface area contributed by atoms with Crippen LogP contribution in [0.5, 0.6) is 0 Å². The van der Waals surface area contributed by atoms with Crippen LogP contribution in [-0.2, 0) is 11.3 Å². The van der Waals surface area contributed by atoms with Crippen LogP contribution < -0.4 is 0 Å². The normalized spacial score (nSPS) is 10.6. The van der Waals surface area contributed by atoms with E-state index in [1.165, 1.54) is 0 Å². The maximum Gasteiger partial charge on any atom is 0.0810 e. The molecule has 0 aliphatic heterocycles. The van der Waals surface area contributed by atoms with Crippen molar-refractivity contribution >= 4 is 23.2 Å². The van der Waals surface area contributed by atoms with Gasteiger partial charge in [-0.2, -0.15) is 0 Å². The van der Waals surface area contributed by atoms with Gasteiger partial charge in [0.2, 0.25) is 0 Å². The fourth-order valence-corrected chi connectivity index (χ4v) is 2.06. The molecule has 0 fully saturated rings. The summed E-state index contributed by atoms with van der Waals surface area (Å²) in [7, 11) is 0. The van der Waals surface area contributed by atoms with E-state index in [-0.39, 0.29) is 0 Å². The minimum Gasteiger partial charge on any atom is -0.371 e. The fraction of sp³-hybridized carbons (Fsp3) is 0.133. The summed E-state index contributed by atoms with van der Waals surface area (Å²) < 4.78 is 5.35. The molecule has 18 heavy (non-hydrogen) atoms. The first-order valence-corrected chi connectivity index (χ1v) is 6.40. The molecule has 0 aliphatic rings. The molecule has 0 saturated carbocycles. The Hall–Kier alpha value is -1.02. The summed E-state index contributed by atoms with van der Waals surface area (Å²) in [4.78, 5) is 0. The van der Waals surface area contributed by atoms with Gasteiger partial charge in [0.1, 0.15) is 0 Å². The molecule has 0 bridgehead atoms. The quantitative estimate of drug-likeness (QED) is 0.732. The molecule has 0 saturated heterocycles. The molecule has 1 nitrogen and oxygen atoms in total. The molecule has 0 aliphatic carbocycles. The molecule has 0 amide bonds. The van der Waals surface area contributed by atoms with Gasteiger partial charge in [-0.05, 0) is 35.7 Å². The Labute approximate surface area is 117 Å². The van der Waals surface area contributed by atoms with E-state index in [9.17, 15) is 0 Å². The smallest absolute Gasteiger partial charge is 0.0810 e. The van der Waals surface area contributed by atoms with Crippen LogP contribution in [0.3, 0.4) is 0 Å². The molecule has 0 spiro atoms. The number of hydrogen-bond donors (Lipinski definition) is 0. The van der Waals surface area contributed by atoms with Gasteiger partial charge in [-0.1, -0.05) is 53.5 Å². The summed E-state index contributed by atoms with van der Waals surface area (Å²) >= 11 is 12.0.